The van der Waals surface area contributed by atoms with E-state index in [0.29, 0.717) is 5.92 Å². The molecule has 0 aromatic heterocycles. The molecule has 1 heterocycles. The molecule has 1 unspecified atom stereocenters. The molecular weight excluding hydrogens is 295 g/mol. The van der Waals surface area contributed by atoms with Gasteiger partial charge in [-0.3, -0.25) is 0 Å². The summed E-state index contributed by atoms with van der Waals surface area (Å²) < 4.78 is 18.5. The van der Waals surface area contributed by atoms with Crippen LogP contribution in [0.5, 0.6) is 0 Å². The number of halogens is 2. The van der Waals surface area contributed by atoms with Crippen LogP contribution < -0.4 is 0 Å². The monoisotopic (exact) mass is 314 g/mol. The molecule has 0 spiro atoms. The fraction of sp³-hybridized carbons (Fsp3) is 0.600. The minimum absolute atomic E-state index is 0.133. The molecule has 1 fully saturated rings. The van der Waals surface area contributed by atoms with Gasteiger partial charge in [-0.25, -0.2) is 4.39 Å². The smallest absolute Gasteiger partial charge is 0.123 e. The fourth-order valence-electron chi connectivity index (χ4n) is 2.65. The summed E-state index contributed by atoms with van der Waals surface area (Å²) in [6.45, 7) is 1.80. The van der Waals surface area contributed by atoms with E-state index in [-0.39, 0.29) is 5.82 Å². The maximum absolute atomic E-state index is 13.2. The average molecular weight is 315 g/mol. The first-order valence-electron chi connectivity index (χ1n) is 6.66. The van der Waals surface area contributed by atoms with Gasteiger partial charge in [0.2, 0.25) is 0 Å². The number of alkyl halides is 1. The highest BCUT2D eigenvalue weighted by molar-refractivity contribution is 9.09. The van der Waals surface area contributed by atoms with Crippen molar-refractivity contribution in [1.29, 1.82) is 0 Å². The number of hydrogen-bond acceptors (Lipinski definition) is 1. The van der Waals surface area contributed by atoms with Crippen molar-refractivity contribution in [3.63, 3.8) is 0 Å². The molecule has 1 aromatic carbocycles. The number of hydrogen-bond donors (Lipinski definition) is 0. The van der Waals surface area contributed by atoms with E-state index < -0.39 is 0 Å². The van der Waals surface area contributed by atoms with Crippen LogP contribution in [0.1, 0.15) is 24.8 Å². The Balaban J connectivity index is 1.88. The number of rotatable bonds is 5. The lowest BCUT2D eigenvalue weighted by molar-refractivity contribution is 0.0596. The Hall–Kier alpha value is -0.410. The van der Waals surface area contributed by atoms with Gasteiger partial charge in [0.25, 0.3) is 0 Å². The third-order valence-corrected chi connectivity index (χ3v) is 4.55. The second-order valence-corrected chi connectivity index (χ2v) is 5.79. The Morgan fingerprint density at radius 1 is 1.33 bits per heavy atom. The topological polar surface area (TPSA) is 9.23 Å². The highest BCUT2D eigenvalue weighted by Gasteiger charge is 2.19. The van der Waals surface area contributed by atoms with Gasteiger partial charge in [0, 0.05) is 18.5 Å². The average Bonchev–Trinajstić information content (AvgIpc) is 2.39. The third kappa shape index (κ3) is 4.36. The van der Waals surface area contributed by atoms with Gasteiger partial charge in [0.05, 0.1) is 0 Å². The van der Waals surface area contributed by atoms with Gasteiger partial charge in [-0.2, -0.15) is 0 Å². The van der Waals surface area contributed by atoms with Gasteiger partial charge in [0.15, 0.2) is 0 Å². The molecule has 0 N–H and O–H groups in total. The van der Waals surface area contributed by atoms with E-state index >= 15 is 0 Å². The molecule has 0 aliphatic carbocycles. The first-order valence-corrected chi connectivity index (χ1v) is 7.78. The van der Waals surface area contributed by atoms with Gasteiger partial charge < -0.3 is 4.74 Å². The van der Waals surface area contributed by atoms with E-state index in [0.717, 1.165) is 36.4 Å². The fourth-order valence-corrected chi connectivity index (χ4v) is 3.14. The summed E-state index contributed by atoms with van der Waals surface area (Å²) in [5, 5.41) is 0.987. The van der Waals surface area contributed by atoms with Crippen LogP contribution in [0.25, 0.3) is 0 Å². The summed E-state index contributed by atoms with van der Waals surface area (Å²) in [6.07, 6.45) is 4.52. The summed E-state index contributed by atoms with van der Waals surface area (Å²) in [5.41, 5.74) is 1.10. The van der Waals surface area contributed by atoms with Crippen molar-refractivity contribution in [2.45, 2.75) is 25.7 Å². The Kier molecular flexibility index (Phi) is 5.64. The number of ether oxygens (including phenoxy) is 1. The van der Waals surface area contributed by atoms with Crippen LogP contribution in [0.2, 0.25) is 0 Å². The van der Waals surface area contributed by atoms with Gasteiger partial charge in [-0.15, -0.1) is 0 Å². The Morgan fingerprint density at radius 2 is 2.11 bits per heavy atom. The van der Waals surface area contributed by atoms with E-state index in [2.05, 4.69) is 15.9 Å². The van der Waals surface area contributed by atoms with E-state index in [1.807, 2.05) is 6.07 Å². The molecule has 1 saturated heterocycles. The lowest BCUT2D eigenvalue weighted by atomic mass is 9.87. The van der Waals surface area contributed by atoms with Crippen molar-refractivity contribution in [3.05, 3.63) is 35.6 Å². The summed E-state index contributed by atoms with van der Waals surface area (Å²) in [5.74, 6) is 1.23. The predicted molar refractivity (Wildman–Crippen MR) is 75.5 cm³/mol. The normalized spacial score (nSPS) is 18.8. The molecular formula is C15H20BrFO. The zero-order chi connectivity index (χ0) is 12.8. The molecule has 3 heteroatoms. The molecule has 1 atom stereocenters. The molecule has 1 aliphatic rings. The van der Waals surface area contributed by atoms with Crippen molar-refractivity contribution in [1.82, 2.24) is 0 Å². The SMILES string of the molecule is Fc1cccc(CC(CBr)CC2CCOCC2)c1. The summed E-state index contributed by atoms with van der Waals surface area (Å²) in [4.78, 5) is 0. The quantitative estimate of drug-likeness (QED) is 0.740. The summed E-state index contributed by atoms with van der Waals surface area (Å²) in [6, 6.07) is 6.97. The maximum Gasteiger partial charge on any atom is 0.123 e. The van der Waals surface area contributed by atoms with Gasteiger partial charge in [-0.1, -0.05) is 28.1 Å². The van der Waals surface area contributed by atoms with Crippen LogP contribution in [0.4, 0.5) is 4.39 Å². The molecule has 1 aliphatic heterocycles. The van der Waals surface area contributed by atoms with E-state index in [1.54, 1.807) is 12.1 Å². The van der Waals surface area contributed by atoms with Crippen LogP contribution >= 0.6 is 15.9 Å². The molecule has 100 valence electrons. The Labute approximate surface area is 117 Å². The van der Waals surface area contributed by atoms with Crippen LogP contribution in [0.15, 0.2) is 24.3 Å². The zero-order valence-electron chi connectivity index (χ0n) is 10.6. The van der Waals surface area contributed by atoms with E-state index in [9.17, 15) is 4.39 Å². The minimum atomic E-state index is -0.133. The molecule has 0 amide bonds. The maximum atomic E-state index is 13.2. The Bertz CT molecular complexity index is 363. The van der Waals surface area contributed by atoms with Crippen LogP contribution in [0, 0.1) is 17.7 Å². The van der Waals surface area contributed by atoms with E-state index in [4.69, 9.17) is 4.74 Å². The zero-order valence-corrected chi connectivity index (χ0v) is 12.2. The predicted octanol–water partition coefficient (Wildman–Crippen LogP) is 4.20. The van der Waals surface area contributed by atoms with Crippen LogP contribution in [-0.4, -0.2) is 18.5 Å². The van der Waals surface area contributed by atoms with Crippen molar-refractivity contribution in [3.8, 4) is 0 Å². The molecule has 1 aromatic rings. The highest BCUT2D eigenvalue weighted by Crippen LogP contribution is 2.26. The Morgan fingerprint density at radius 3 is 2.78 bits per heavy atom. The van der Waals surface area contributed by atoms with Crippen LogP contribution in [0.3, 0.4) is 0 Å². The first-order chi connectivity index (χ1) is 8.78. The second-order valence-electron chi connectivity index (χ2n) is 5.15. The highest BCUT2D eigenvalue weighted by atomic mass is 79.9. The van der Waals surface area contributed by atoms with Crippen molar-refractivity contribution in [2.24, 2.45) is 11.8 Å². The largest absolute Gasteiger partial charge is 0.381 e. The lowest BCUT2D eigenvalue weighted by Gasteiger charge is -2.25. The molecule has 18 heavy (non-hydrogen) atoms. The van der Waals surface area contributed by atoms with Gasteiger partial charge in [0.1, 0.15) is 5.82 Å². The summed E-state index contributed by atoms with van der Waals surface area (Å²) in [7, 11) is 0. The minimum Gasteiger partial charge on any atom is -0.381 e. The van der Waals surface area contributed by atoms with Crippen molar-refractivity contribution < 1.29 is 9.13 Å². The molecule has 0 bridgehead atoms. The van der Waals surface area contributed by atoms with E-state index in [1.165, 1.54) is 25.3 Å². The third-order valence-electron chi connectivity index (χ3n) is 3.64. The van der Waals surface area contributed by atoms with Crippen LogP contribution in [-0.2, 0) is 11.2 Å². The first kappa shape index (κ1) is 14.0. The lowest BCUT2D eigenvalue weighted by Crippen LogP contribution is -2.20. The molecule has 2 rings (SSSR count). The molecule has 1 nitrogen and oxygen atoms in total. The number of benzene rings is 1. The van der Waals surface area contributed by atoms with Crippen molar-refractivity contribution in [2.75, 3.05) is 18.5 Å². The van der Waals surface area contributed by atoms with Gasteiger partial charge >= 0.3 is 0 Å². The molecule has 0 radical (unpaired) electrons. The standard InChI is InChI=1S/C15H20BrFO/c16-11-14(8-12-4-6-18-7-5-12)9-13-2-1-3-15(17)10-13/h1-3,10,12,14H,4-9,11H2. The molecule has 0 saturated carbocycles. The second kappa shape index (κ2) is 7.25. The van der Waals surface area contributed by atoms with Crippen molar-refractivity contribution >= 4 is 15.9 Å². The summed E-state index contributed by atoms with van der Waals surface area (Å²) >= 11 is 3.59. The van der Waals surface area contributed by atoms with Gasteiger partial charge in [-0.05, 0) is 55.2 Å².